The number of hydrogen-bond donors (Lipinski definition) is 0. The monoisotopic (exact) mass is 441 g/mol. The molecule has 1 saturated heterocycles. The van der Waals surface area contributed by atoms with Gasteiger partial charge in [-0.25, -0.2) is 8.42 Å². The molecule has 5 nitrogen and oxygen atoms in total. The Bertz CT molecular complexity index is 1170. The minimum absolute atomic E-state index is 0.172. The van der Waals surface area contributed by atoms with Gasteiger partial charge >= 0.3 is 0 Å². The predicted molar refractivity (Wildman–Crippen MR) is 117 cm³/mol. The molecule has 3 aromatic rings. The Morgan fingerprint density at radius 2 is 1.63 bits per heavy atom. The lowest BCUT2D eigenvalue weighted by Crippen LogP contribution is -2.56. The fourth-order valence-corrected chi connectivity index (χ4v) is 5.19. The maximum Gasteiger partial charge on any atom is 0.253 e. The highest BCUT2D eigenvalue weighted by Crippen LogP contribution is 2.28. The average molecular weight is 442 g/mol. The number of halogens is 1. The van der Waals surface area contributed by atoms with E-state index in [-0.39, 0.29) is 23.9 Å². The number of benzene rings is 3. The number of methoxy groups -OCH3 is 1. The van der Waals surface area contributed by atoms with Gasteiger partial charge in [0.2, 0.25) is 0 Å². The van der Waals surface area contributed by atoms with Crippen molar-refractivity contribution in [3.8, 4) is 16.9 Å². The second-order valence-electron chi connectivity index (χ2n) is 7.14. The summed E-state index contributed by atoms with van der Waals surface area (Å²) in [5.41, 5.74) is 2.49. The lowest BCUT2D eigenvalue weighted by atomic mass is 10.0. The highest BCUT2D eigenvalue weighted by Gasteiger charge is 2.40. The maximum absolute atomic E-state index is 12.7. The molecule has 0 radical (unpaired) electrons. The molecule has 7 heteroatoms. The lowest BCUT2D eigenvalue weighted by molar-refractivity contribution is 0.0659. The minimum atomic E-state index is -3.48. The molecule has 154 valence electrons. The van der Waals surface area contributed by atoms with Crippen LogP contribution in [0.15, 0.2) is 77.7 Å². The van der Waals surface area contributed by atoms with Crippen LogP contribution in [0.25, 0.3) is 11.1 Å². The van der Waals surface area contributed by atoms with Crippen LogP contribution in [0.4, 0.5) is 0 Å². The van der Waals surface area contributed by atoms with E-state index in [2.05, 4.69) is 0 Å². The van der Waals surface area contributed by atoms with Crippen molar-refractivity contribution < 1.29 is 17.9 Å². The van der Waals surface area contributed by atoms with Gasteiger partial charge in [-0.05, 0) is 59.7 Å². The Labute approximate surface area is 180 Å². The fraction of sp³-hybridized carbons (Fsp3) is 0.174. The van der Waals surface area contributed by atoms with Crippen molar-refractivity contribution >= 4 is 27.3 Å². The van der Waals surface area contributed by atoms with E-state index < -0.39 is 15.1 Å². The van der Waals surface area contributed by atoms with Crippen LogP contribution >= 0.6 is 11.6 Å². The first-order valence-electron chi connectivity index (χ1n) is 9.42. The first-order chi connectivity index (χ1) is 14.4. The quantitative estimate of drug-likeness (QED) is 0.591. The molecule has 1 fully saturated rings. The number of amides is 1. The third-order valence-electron chi connectivity index (χ3n) is 5.25. The van der Waals surface area contributed by atoms with Gasteiger partial charge in [-0.3, -0.25) is 4.79 Å². The van der Waals surface area contributed by atoms with Gasteiger partial charge in [0.15, 0.2) is 9.84 Å². The number of sulfone groups is 1. The topological polar surface area (TPSA) is 63.7 Å². The maximum atomic E-state index is 12.7. The summed E-state index contributed by atoms with van der Waals surface area (Å²) >= 11 is 5.83. The molecule has 0 atom stereocenters. The summed E-state index contributed by atoms with van der Waals surface area (Å²) in [6.07, 6.45) is 0. The molecule has 0 saturated carbocycles. The summed E-state index contributed by atoms with van der Waals surface area (Å²) in [6.45, 7) is 0.364. The second kappa shape index (κ2) is 8.13. The first kappa shape index (κ1) is 20.4. The highest BCUT2D eigenvalue weighted by molar-refractivity contribution is 7.92. The molecule has 0 aliphatic carbocycles. The van der Waals surface area contributed by atoms with Crippen LogP contribution in [0.5, 0.6) is 5.75 Å². The zero-order valence-corrected chi connectivity index (χ0v) is 17.9. The summed E-state index contributed by atoms with van der Waals surface area (Å²) in [7, 11) is -1.86. The van der Waals surface area contributed by atoms with Gasteiger partial charge in [-0.2, -0.15) is 0 Å². The van der Waals surface area contributed by atoms with Crippen molar-refractivity contribution in [2.24, 2.45) is 0 Å². The largest absolute Gasteiger partial charge is 0.497 e. The van der Waals surface area contributed by atoms with E-state index in [0.29, 0.717) is 10.6 Å². The van der Waals surface area contributed by atoms with E-state index in [1.807, 2.05) is 36.4 Å². The Morgan fingerprint density at radius 1 is 0.967 bits per heavy atom. The Balaban J connectivity index is 1.43. The number of nitrogens with zero attached hydrogens (tertiary/aromatic N) is 1. The van der Waals surface area contributed by atoms with E-state index in [1.165, 1.54) is 12.1 Å². The molecule has 0 N–H and O–H groups in total. The molecule has 3 aromatic carbocycles. The SMILES string of the molecule is COc1cccc(-c2ccc(C(=O)N3CC(S(=O)(=O)c4ccc(Cl)cc4)C3)cc2)c1. The van der Waals surface area contributed by atoms with Crippen LogP contribution < -0.4 is 4.74 Å². The van der Waals surface area contributed by atoms with Crippen molar-refractivity contribution in [2.45, 2.75) is 10.1 Å². The summed E-state index contributed by atoms with van der Waals surface area (Å²) in [5.74, 6) is 0.593. The summed E-state index contributed by atoms with van der Waals surface area (Å²) in [6, 6.07) is 21.1. The summed E-state index contributed by atoms with van der Waals surface area (Å²) in [4.78, 5) is 14.5. The molecule has 0 unspecified atom stereocenters. The van der Waals surface area contributed by atoms with Gasteiger partial charge in [-0.1, -0.05) is 35.9 Å². The normalized spacial score (nSPS) is 14.3. The Kier molecular flexibility index (Phi) is 5.54. The predicted octanol–water partition coefficient (Wildman–Crippen LogP) is 4.31. The number of ether oxygens (including phenoxy) is 1. The zero-order valence-electron chi connectivity index (χ0n) is 16.3. The molecule has 0 bridgehead atoms. The Hall–Kier alpha value is -2.83. The van der Waals surface area contributed by atoms with Gasteiger partial charge in [0.25, 0.3) is 5.91 Å². The van der Waals surface area contributed by atoms with E-state index in [1.54, 1.807) is 36.3 Å². The van der Waals surface area contributed by atoms with Gasteiger partial charge in [0, 0.05) is 23.7 Å². The molecule has 1 heterocycles. The van der Waals surface area contributed by atoms with Crippen LogP contribution in [0.1, 0.15) is 10.4 Å². The van der Waals surface area contributed by atoms with Gasteiger partial charge in [-0.15, -0.1) is 0 Å². The third-order valence-corrected chi connectivity index (χ3v) is 7.61. The molecule has 1 amide bonds. The van der Waals surface area contributed by atoms with Crippen LogP contribution in [-0.4, -0.2) is 44.7 Å². The number of carbonyl (C=O) groups is 1. The number of hydrogen-bond acceptors (Lipinski definition) is 4. The lowest BCUT2D eigenvalue weighted by Gasteiger charge is -2.38. The standard InChI is InChI=1S/C23H20ClNO4S/c1-29-20-4-2-3-18(13-20)16-5-7-17(8-6-16)23(26)25-14-22(15-25)30(27,28)21-11-9-19(24)10-12-21/h2-13,22H,14-15H2,1H3. The number of rotatable bonds is 5. The third kappa shape index (κ3) is 3.93. The number of carbonyl (C=O) groups excluding carboxylic acids is 1. The van der Waals surface area contributed by atoms with Crippen LogP contribution in [0.2, 0.25) is 5.02 Å². The van der Waals surface area contributed by atoms with Gasteiger partial charge in [0.05, 0.1) is 12.0 Å². The first-order valence-corrected chi connectivity index (χ1v) is 11.3. The van der Waals surface area contributed by atoms with Gasteiger partial charge in [0.1, 0.15) is 11.0 Å². The summed E-state index contributed by atoms with van der Waals surface area (Å²) < 4.78 is 30.6. The molecule has 1 aliphatic rings. The van der Waals surface area contributed by atoms with Crippen molar-refractivity contribution in [2.75, 3.05) is 20.2 Å². The molecule has 30 heavy (non-hydrogen) atoms. The van der Waals surface area contributed by atoms with Crippen molar-refractivity contribution in [3.05, 3.63) is 83.4 Å². The van der Waals surface area contributed by atoms with Gasteiger partial charge < -0.3 is 9.64 Å². The van der Waals surface area contributed by atoms with Crippen molar-refractivity contribution in [1.29, 1.82) is 0 Å². The molecule has 0 spiro atoms. The second-order valence-corrected chi connectivity index (χ2v) is 9.80. The van der Waals surface area contributed by atoms with E-state index in [9.17, 15) is 13.2 Å². The van der Waals surface area contributed by atoms with Crippen LogP contribution in [-0.2, 0) is 9.84 Å². The molecule has 1 aliphatic heterocycles. The van der Waals surface area contributed by atoms with Crippen molar-refractivity contribution in [1.82, 2.24) is 4.90 Å². The van der Waals surface area contributed by atoms with E-state index in [4.69, 9.17) is 16.3 Å². The highest BCUT2D eigenvalue weighted by atomic mass is 35.5. The smallest absolute Gasteiger partial charge is 0.253 e. The van der Waals surface area contributed by atoms with Crippen LogP contribution in [0.3, 0.4) is 0 Å². The molecular formula is C23H20ClNO4S. The van der Waals surface area contributed by atoms with E-state index >= 15 is 0 Å². The zero-order chi connectivity index (χ0) is 21.3. The average Bonchev–Trinajstić information content (AvgIpc) is 2.73. The fourth-order valence-electron chi connectivity index (χ4n) is 3.41. The van der Waals surface area contributed by atoms with E-state index in [0.717, 1.165) is 16.9 Å². The summed E-state index contributed by atoms with van der Waals surface area (Å²) in [5, 5.41) is -0.115. The molecule has 0 aromatic heterocycles. The number of likely N-dealkylation sites (tertiary alicyclic amines) is 1. The molecular weight excluding hydrogens is 422 g/mol. The van der Waals surface area contributed by atoms with Crippen molar-refractivity contribution in [3.63, 3.8) is 0 Å². The minimum Gasteiger partial charge on any atom is -0.497 e. The Morgan fingerprint density at radius 3 is 2.27 bits per heavy atom. The molecule has 4 rings (SSSR count). The van der Waals surface area contributed by atoms with Crippen LogP contribution in [0, 0.1) is 0 Å².